The largest absolute Gasteiger partial charge is 0.382 e. The molecule has 0 atom stereocenters. The number of halogens is 2. The van der Waals surface area contributed by atoms with Crippen molar-refractivity contribution in [1.29, 1.82) is 0 Å². The van der Waals surface area contributed by atoms with Crippen LogP contribution in [-0.4, -0.2) is 31.0 Å². The normalized spacial score (nSPS) is 11.6. The van der Waals surface area contributed by atoms with E-state index in [9.17, 15) is 17.2 Å². The highest BCUT2D eigenvalue weighted by molar-refractivity contribution is 7.91. The molecular weight excluding hydrogens is 302 g/mol. The summed E-state index contributed by atoms with van der Waals surface area (Å²) in [5.74, 6) is -1.86. The number of nitrogen functional groups attached to an aromatic ring is 1. The average Bonchev–Trinajstić information content (AvgIpc) is 2.66. The summed E-state index contributed by atoms with van der Waals surface area (Å²) in [6.07, 6.45) is 0.979. The molecule has 0 saturated carbocycles. The van der Waals surface area contributed by atoms with Crippen molar-refractivity contribution in [3.05, 3.63) is 29.8 Å². The quantitative estimate of drug-likeness (QED) is 0.893. The Bertz CT molecular complexity index is 787. The molecule has 2 aromatic rings. The molecule has 6 nitrogen and oxygen atoms in total. The highest BCUT2D eigenvalue weighted by Gasteiger charge is 2.25. The minimum Gasteiger partial charge on any atom is -0.382 e. The molecule has 0 fully saturated rings. The molecule has 0 saturated heterocycles. The van der Waals surface area contributed by atoms with Gasteiger partial charge < -0.3 is 11.1 Å². The van der Waals surface area contributed by atoms with Crippen molar-refractivity contribution in [3.8, 4) is 5.69 Å². The average molecular weight is 316 g/mol. The van der Waals surface area contributed by atoms with Crippen LogP contribution in [0.15, 0.2) is 23.1 Å². The number of nitrogens with one attached hydrogen (secondary N) is 1. The van der Waals surface area contributed by atoms with Crippen molar-refractivity contribution in [3.63, 3.8) is 0 Å². The fourth-order valence-electron chi connectivity index (χ4n) is 1.90. The molecule has 21 heavy (non-hydrogen) atoms. The number of hydrogen-bond donors (Lipinski definition) is 2. The first-order chi connectivity index (χ1) is 9.75. The van der Waals surface area contributed by atoms with Gasteiger partial charge in [0.25, 0.3) is 0 Å². The SMILES string of the molecule is CCNc1nn(-c2ccc(F)cc2F)c(N)c1S(C)(=O)=O. The first-order valence-corrected chi connectivity index (χ1v) is 7.92. The second-order valence-electron chi connectivity index (χ2n) is 4.37. The molecule has 0 radical (unpaired) electrons. The monoisotopic (exact) mass is 316 g/mol. The van der Waals surface area contributed by atoms with Gasteiger partial charge in [0.2, 0.25) is 0 Å². The van der Waals surface area contributed by atoms with Crippen molar-refractivity contribution in [2.45, 2.75) is 11.8 Å². The third-order valence-corrected chi connectivity index (χ3v) is 3.87. The van der Waals surface area contributed by atoms with Gasteiger partial charge in [0.15, 0.2) is 26.4 Å². The zero-order chi connectivity index (χ0) is 15.8. The van der Waals surface area contributed by atoms with Crippen molar-refractivity contribution in [2.24, 2.45) is 0 Å². The van der Waals surface area contributed by atoms with E-state index in [0.717, 1.165) is 23.1 Å². The lowest BCUT2D eigenvalue weighted by Crippen LogP contribution is -2.07. The number of rotatable bonds is 4. The highest BCUT2D eigenvalue weighted by Crippen LogP contribution is 2.30. The standard InChI is InChI=1S/C12H14F2N4O2S/c1-3-16-12-10(21(2,19)20)11(15)18(17-12)9-5-4-7(13)6-8(9)14/h4-6H,3,15H2,1-2H3,(H,16,17). The maximum Gasteiger partial charge on any atom is 0.182 e. The van der Waals surface area contributed by atoms with E-state index in [2.05, 4.69) is 10.4 Å². The van der Waals surface area contributed by atoms with Gasteiger partial charge >= 0.3 is 0 Å². The lowest BCUT2D eigenvalue weighted by Gasteiger charge is -2.05. The van der Waals surface area contributed by atoms with Gasteiger partial charge in [0.1, 0.15) is 17.3 Å². The third kappa shape index (κ3) is 2.82. The van der Waals surface area contributed by atoms with Crippen molar-refractivity contribution in [1.82, 2.24) is 9.78 Å². The number of anilines is 2. The molecular formula is C12H14F2N4O2S. The molecule has 1 aromatic heterocycles. The molecule has 0 aliphatic heterocycles. The first-order valence-electron chi connectivity index (χ1n) is 6.03. The molecule has 0 aliphatic rings. The Morgan fingerprint density at radius 3 is 2.57 bits per heavy atom. The van der Waals surface area contributed by atoms with Crippen molar-refractivity contribution < 1.29 is 17.2 Å². The molecule has 0 bridgehead atoms. The molecule has 0 aliphatic carbocycles. The Labute approximate surface area is 120 Å². The van der Waals surface area contributed by atoms with E-state index >= 15 is 0 Å². The predicted octanol–water partition coefficient (Wildman–Crippen LogP) is 1.57. The number of aromatic nitrogens is 2. The van der Waals surface area contributed by atoms with Crippen LogP contribution in [0.2, 0.25) is 0 Å². The Balaban J connectivity index is 2.71. The van der Waals surface area contributed by atoms with Crippen molar-refractivity contribution >= 4 is 21.5 Å². The lowest BCUT2D eigenvalue weighted by molar-refractivity contribution is 0.574. The van der Waals surface area contributed by atoms with Crippen LogP contribution in [0, 0.1) is 11.6 Å². The summed E-state index contributed by atoms with van der Waals surface area (Å²) in [5.41, 5.74) is 5.64. The number of nitrogens with zero attached hydrogens (tertiary/aromatic N) is 2. The van der Waals surface area contributed by atoms with E-state index in [1.165, 1.54) is 0 Å². The maximum absolute atomic E-state index is 13.8. The molecule has 0 unspecified atom stereocenters. The van der Waals surface area contributed by atoms with E-state index in [4.69, 9.17) is 5.73 Å². The zero-order valence-corrected chi connectivity index (χ0v) is 12.2. The van der Waals surface area contributed by atoms with Crippen LogP contribution in [0.25, 0.3) is 5.69 Å². The van der Waals surface area contributed by atoms with Gasteiger partial charge in [-0.25, -0.2) is 21.9 Å². The summed E-state index contributed by atoms with van der Waals surface area (Å²) in [6, 6.07) is 2.84. The first kappa shape index (κ1) is 15.2. The smallest absolute Gasteiger partial charge is 0.182 e. The van der Waals surface area contributed by atoms with Crippen LogP contribution >= 0.6 is 0 Å². The summed E-state index contributed by atoms with van der Waals surface area (Å²) in [7, 11) is -3.66. The van der Waals surface area contributed by atoms with Crippen LogP contribution in [0.3, 0.4) is 0 Å². The van der Waals surface area contributed by atoms with Crippen LogP contribution < -0.4 is 11.1 Å². The number of hydrogen-bond acceptors (Lipinski definition) is 5. The molecule has 2 rings (SSSR count). The number of nitrogens with two attached hydrogens (primary N) is 1. The maximum atomic E-state index is 13.8. The third-order valence-electron chi connectivity index (χ3n) is 2.73. The molecule has 3 N–H and O–H groups in total. The van der Waals surface area contributed by atoms with Crippen LogP contribution in [0.5, 0.6) is 0 Å². The lowest BCUT2D eigenvalue weighted by atomic mass is 10.3. The van der Waals surface area contributed by atoms with Gasteiger partial charge in [-0.2, -0.15) is 0 Å². The zero-order valence-electron chi connectivity index (χ0n) is 11.4. The number of sulfone groups is 1. The Kier molecular flexibility index (Phi) is 3.86. The molecule has 1 heterocycles. The van der Waals surface area contributed by atoms with E-state index in [0.29, 0.717) is 12.6 Å². The van der Waals surface area contributed by atoms with Crippen LogP contribution in [0.1, 0.15) is 6.92 Å². The van der Waals surface area contributed by atoms with Gasteiger partial charge in [-0.3, -0.25) is 0 Å². The molecule has 9 heteroatoms. The fourth-order valence-corrected chi connectivity index (χ4v) is 2.83. The van der Waals surface area contributed by atoms with Gasteiger partial charge in [-0.15, -0.1) is 5.10 Å². The minimum absolute atomic E-state index is 0.0289. The van der Waals surface area contributed by atoms with E-state index in [-0.39, 0.29) is 22.2 Å². The molecule has 1 aromatic carbocycles. The van der Waals surface area contributed by atoms with Gasteiger partial charge in [0, 0.05) is 18.9 Å². The van der Waals surface area contributed by atoms with Gasteiger partial charge in [-0.05, 0) is 19.1 Å². The van der Waals surface area contributed by atoms with E-state index < -0.39 is 21.5 Å². The fraction of sp³-hybridized carbons (Fsp3) is 0.250. The van der Waals surface area contributed by atoms with Gasteiger partial charge in [0.05, 0.1) is 0 Å². The topological polar surface area (TPSA) is 90.0 Å². The second kappa shape index (κ2) is 5.32. The van der Waals surface area contributed by atoms with Crippen LogP contribution in [-0.2, 0) is 9.84 Å². The van der Waals surface area contributed by atoms with Crippen molar-refractivity contribution in [2.75, 3.05) is 23.9 Å². The summed E-state index contributed by atoms with van der Waals surface area (Å²) in [4.78, 5) is -0.215. The summed E-state index contributed by atoms with van der Waals surface area (Å²) >= 11 is 0. The minimum atomic E-state index is -3.66. The van der Waals surface area contributed by atoms with Crippen LogP contribution in [0.4, 0.5) is 20.4 Å². The Hall–Kier alpha value is -2.16. The Morgan fingerprint density at radius 2 is 2.05 bits per heavy atom. The highest BCUT2D eigenvalue weighted by atomic mass is 32.2. The number of benzene rings is 1. The van der Waals surface area contributed by atoms with E-state index in [1.54, 1.807) is 6.92 Å². The molecule has 0 amide bonds. The second-order valence-corrected chi connectivity index (χ2v) is 6.33. The molecule has 114 valence electrons. The summed E-state index contributed by atoms with van der Waals surface area (Å²) < 4.78 is 51.3. The summed E-state index contributed by atoms with van der Waals surface area (Å²) in [5, 5.41) is 6.72. The van der Waals surface area contributed by atoms with Gasteiger partial charge in [-0.1, -0.05) is 0 Å². The molecule has 0 spiro atoms. The Morgan fingerprint density at radius 1 is 1.38 bits per heavy atom. The predicted molar refractivity (Wildman–Crippen MR) is 75.2 cm³/mol. The van der Waals surface area contributed by atoms with E-state index in [1.807, 2.05) is 0 Å². The summed E-state index contributed by atoms with van der Waals surface area (Å²) in [6.45, 7) is 2.16.